The lowest BCUT2D eigenvalue weighted by molar-refractivity contribution is 0.102. The summed E-state index contributed by atoms with van der Waals surface area (Å²) in [5, 5.41) is 12.1. The molecule has 4 rings (SSSR count). The molecule has 156 valence electrons. The highest BCUT2D eigenvalue weighted by Gasteiger charge is 2.28. The normalized spacial score (nSPS) is 13.7. The maximum Gasteiger partial charge on any atom is 0.265 e. The Morgan fingerprint density at radius 2 is 1.87 bits per heavy atom. The second kappa shape index (κ2) is 8.04. The van der Waals surface area contributed by atoms with Crippen molar-refractivity contribution in [2.45, 2.75) is 30.6 Å². The van der Waals surface area contributed by atoms with E-state index in [0.717, 1.165) is 23.4 Å². The van der Waals surface area contributed by atoms with Gasteiger partial charge in [-0.1, -0.05) is 29.0 Å². The number of nitrogens with one attached hydrogen (secondary N) is 2. The number of ether oxygens (including phenoxy) is 1. The van der Waals surface area contributed by atoms with Gasteiger partial charge >= 0.3 is 0 Å². The molecule has 2 N–H and O–H groups in total. The molecule has 0 bridgehead atoms. The van der Waals surface area contributed by atoms with E-state index < -0.39 is 15.9 Å². The van der Waals surface area contributed by atoms with E-state index in [1.807, 2.05) is 6.92 Å². The third kappa shape index (κ3) is 4.44. The maximum atomic E-state index is 12.9. The first kappa shape index (κ1) is 20.3. The first-order valence-corrected chi connectivity index (χ1v) is 11.6. The predicted molar refractivity (Wildman–Crippen MR) is 115 cm³/mol. The van der Waals surface area contributed by atoms with Gasteiger partial charge in [0, 0.05) is 17.2 Å². The second-order valence-corrected chi connectivity index (χ2v) is 9.67. The summed E-state index contributed by atoms with van der Waals surface area (Å²) in [4.78, 5) is 12.5. The van der Waals surface area contributed by atoms with Crippen molar-refractivity contribution in [3.63, 3.8) is 0 Å². The van der Waals surface area contributed by atoms with Crippen molar-refractivity contribution in [3.8, 4) is 5.75 Å². The fraction of sp³-hybridized carbons (Fsp3) is 0.250. The van der Waals surface area contributed by atoms with E-state index >= 15 is 0 Å². The van der Waals surface area contributed by atoms with Crippen LogP contribution in [0.5, 0.6) is 5.75 Å². The molecule has 1 saturated carbocycles. The molecule has 8 nitrogen and oxygen atoms in total. The zero-order valence-corrected chi connectivity index (χ0v) is 18.0. The summed E-state index contributed by atoms with van der Waals surface area (Å²) in [5.41, 5.74) is 1.60. The summed E-state index contributed by atoms with van der Waals surface area (Å²) in [6, 6.07) is 11.2. The molecule has 1 aliphatic rings. The minimum atomic E-state index is -3.98. The Labute approximate surface area is 178 Å². The number of carbonyl (C=O) groups excluding carboxylic acids is 1. The number of hydrogen-bond acceptors (Lipinski definition) is 7. The van der Waals surface area contributed by atoms with Crippen molar-refractivity contribution < 1.29 is 17.9 Å². The molecule has 0 spiro atoms. The van der Waals surface area contributed by atoms with Crippen LogP contribution in [0.2, 0.25) is 0 Å². The van der Waals surface area contributed by atoms with E-state index in [0.29, 0.717) is 16.7 Å². The van der Waals surface area contributed by atoms with Gasteiger partial charge in [-0.15, -0.1) is 10.2 Å². The van der Waals surface area contributed by atoms with Crippen molar-refractivity contribution >= 4 is 38.1 Å². The summed E-state index contributed by atoms with van der Waals surface area (Å²) >= 11 is 1.34. The molecule has 30 heavy (non-hydrogen) atoms. The van der Waals surface area contributed by atoms with Gasteiger partial charge in [0.2, 0.25) is 5.13 Å². The number of rotatable bonds is 7. The van der Waals surface area contributed by atoms with Gasteiger partial charge in [0.15, 0.2) is 0 Å². The van der Waals surface area contributed by atoms with E-state index in [4.69, 9.17) is 4.74 Å². The van der Waals surface area contributed by atoms with E-state index in [-0.39, 0.29) is 16.2 Å². The number of benzene rings is 2. The number of amides is 1. The minimum absolute atomic E-state index is 0.130. The van der Waals surface area contributed by atoms with Crippen LogP contribution in [0.3, 0.4) is 0 Å². The maximum absolute atomic E-state index is 12.9. The smallest absolute Gasteiger partial charge is 0.265 e. The average Bonchev–Trinajstić information content (AvgIpc) is 3.48. The zero-order chi connectivity index (χ0) is 21.3. The lowest BCUT2D eigenvalue weighted by Gasteiger charge is -2.13. The number of aromatic nitrogens is 2. The number of hydrogen-bond donors (Lipinski definition) is 2. The Bertz CT molecular complexity index is 1190. The summed E-state index contributed by atoms with van der Waals surface area (Å²) in [5.74, 6) is 0.111. The second-order valence-electron chi connectivity index (χ2n) is 7.01. The molecule has 1 aromatic heterocycles. The molecule has 1 fully saturated rings. The van der Waals surface area contributed by atoms with Crippen molar-refractivity contribution in [1.82, 2.24) is 10.2 Å². The third-order valence-corrected chi connectivity index (χ3v) is 7.01. The summed E-state index contributed by atoms with van der Waals surface area (Å²) in [6.07, 6.45) is 2.19. The van der Waals surface area contributed by atoms with Crippen LogP contribution in [0.1, 0.15) is 39.7 Å². The molecular weight excluding hydrogens is 424 g/mol. The first-order chi connectivity index (χ1) is 14.4. The van der Waals surface area contributed by atoms with Crippen molar-refractivity contribution in [2.75, 3.05) is 17.1 Å². The number of aryl methyl sites for hydroxylation is 1. The number of sulfonamides is 1. The Kier molecular flexibility index (Phi) is 5.44. The fourth-order valence-corrected chi connectivity index (χ4v) is 4.97. The highest BCUT2D eigenvalue weighted by Crippen LogP contribution is 2.42. The zero-order valence-electron chi connectivity index (χ0n) is 16.4. The van der Waals surface area contributed by atoms with Crippen LogP contribution >= 0.6 is 11.3 Å². The molecule has 1 heterocycles. The standard InChI is InChI=1S/C20H20N4O4S2/c1-12-3-8-15(9-4-12)24-30(26,27)17-11-14(7-10-16(17)28-2)18(25)21-20-23-22-19(29-20)13-5-6-13/h3-4,7-11,13,24H,5-6H2,1-2H3,(H,21,23,25). The van der Waals surface area contributed by atoms with Crippen molar-refractivity contribution in [3.05, 3.63) is 58.6 Å². The van der Waals surface area contributed by atoms with Crippen molar-refractivity contribution in [2.24, 2.45) is 0 Å². The Morgan fingerprint density at radius 1 is 1.13 bits per heavy atom. The van der Waals surface area contributed by atoms with Crippen molar-refractivity contribution in [1.29, 1.82) is 0 Å². The van der Waals surface area contributed by atoms with E-state index in [9.17, 15) is 13.2 Å². The number of carbonyl (C=O) groups is 1. The molecule has 3 aromatic rings. The number of methoxy groups -OCH3 is 1. The van der Waals surface area contributed by atoms with Gasteiger partial charge in [-0.3, -0.25) is 14.8 Å². The van der Waals surface area contributed by atoms with Gasteiger partial charge in [0.1, 0.15) is 15.7 Å². The third-order valence-electron chi connectivity index (χ3n) is 4.61. The largest absolute Gasteiger partial charge is 0.495 e. The van der Waals surface area contributed by atoms with Crippen LogP contribution in [-0.4, -0.2) is 31.6 Å². The molecule has 0 unspecified atom stereocenters. The van der Waals surface area contributed by atoms with Gasteiger partial charge in [-0.25, -0.2) is 8.42 Å². The summed E-state index contributed by atoms with van der Waals surface area (Å²) in [7, 11) is -2.60. The van der Waals surface area contributed by atoms with Crippen LogP contribution < -0.4 is 14.8 Å². The molecule has 1 amide bonds. The van der Waals surface area contributed by atoms with Gasteiger partial charge in [-0.05, 0) is 50.1 Å². The average molecular weight is 445 g/mol. The van der Waals surface area contributed by atoms with Crippen LogP contribution in [0.4, 0.5) is 10.8 Å². The van der Waals surface area contributed by atoms with Crippen LogP contribution in [0, 0.1) is 6.92 Å². The SMILES string of the molecule is COc1ccc(C(=O)Nc2nnc(C3CC3)s2)cc1S(=O)(=O)Nc1ccc(C)cc1. The number of nitrogens with zero attached hydrogens (tertiary/aromatic N) is 2. The Balaban J connectivity index is 1.58. The lowest BCUT2D eigenvalue weighted by Crippen LogP contribution is -2.17. The molecule has 1 aliphatic carbocycles. The van der Waals surface area contributed by atoms with Crippen LogP contribution in [0.15, 0.2) is 47.4 Å². The Morgan fingerprint density at radius 3 is 2.53 bits per heavy atom. The van der Waals surface area contributed by atoms with Gasteiger partial charge in [0.05, 0.1) is 7.11 Å². The highest BCUT2D eigenvalue weighted by molar-refractivity contribution is 7.92. The van der Waals surface area contributed by atoms with Gasteiger partial charge in [0.25, 0.3) is 15.9 Å². The molecular formula is C20H20N4O4S2. The van der Waals surface area contributed by atoms with Gasteiger partial charge in [-0.2, -0.15) is 0 Å². The van der Waals surface area contributed by atoms with Gasteiger partial charge < -0.3 is 4.74 Å². The molecule has 2 aromatic carbocycles. The summed E-state index contributed by atoms with van der Waals surface area (Å²) in [6.45, 7) is 1.91. The molecule has 0 atom stereocenters. The molecule has 0 aliphatic heterocycles. The number of anilines is 2. The predicted octanol–water partition coefficient (Wildman–Crippen LogP) is 3.79. The summed E-state index contributed by atoms with van der Waals surface area (Å²) < 4.78 is 33.6. The van der Waals surface area contributed by atoms with E-state index in [1.54, 1.807) is 24.3 Å². The van der Waals surface area contributed by atoms with E-state index in [1.165, 1.54) is 36.6 Å². The Hall–Kier alpha value is -2.98. The fourth-order valence-electron chi connectivity index (χ4n) is 2.81. The van der Waals surface area contributed by atoms with Crippen LogP contribution in [-0.2, 0) is 10.0 Å². The molecule has 0 saturated heterocycles. The molecule has 10 heteroatoms. The lowest BCUT2D eigenvalue weighted by atomic mass is 10.2. The first-order valence-electron chi connectivity index (χ1n) is 9.28. The molecule has 0 radical (unpaired) electrons. The van der Waals surface area contributed by atoms with E-state index in [2.05, 4.69) is 20.2 Å². The topological polar surface area (TPSA) is 110 Å². The quantitative estimate of drug-likeness (QED) is 0.574. The minimum Gasteiger partial charge on any atom is -0.495 e. The monoisotopic (exact) mass is 444 g/mol. The van der Waals surface area contributed by atoms with Crippen LogP contribution in [0.25, 0.3) is 0 Å². The highest BCUT2D eigenvalue weighted by atomic mass is 32.2.